The molecule has 3 aromatic rings. The molecule has 23 heavy (non-hydrogen) atoms. The van der Waals surface area contributed by atoms with Crippen LogP contribution in [-0.2, 0) is 6.42 Å². The van der Waals surface area contributed by atoms with E-state index in [4.69, 9.17) is 0 Å². The lowest BCUT2D eigenvalue weighted by Crippen LogP contribution is -1.97. The van der Waals surface area contributed by atoms with Gasteiger partial charge in [0.25, 0.3) is 0 Å². The summed E-state index contributed by atoms with van der Waals surface area (Å²) < 4.78 is 15.5. The lowest BCUT2D eigenvalue weighted by atomic mass is 10.2. The predicted octanol–water partition coefficient (Wildman–Crippen LogP) is 4.90. The topological polar surface area (TPSA) is 22.0 Å². The molecule has 0 radical (unpaired) electrons. The number of carbonyl (C=O) groups is 1. The third kappa shape index (κ3) is 2.59. The average molecular weight is 323 g/mol. The summed E-state index contributed by atoms with van der Waals surface area (Å²) in [4.78, 5) is 12.9. The second kappa shape index (κ2) is 5.70. The van der Waals surface area contributed by atoms with E-state index in [1.165, 1.54) is 23.9 Å². The van der Waals surface area contributed by atoms with Crippen LogP contribution in [-0.4, -0.2) is 10.4 Å². The zero-order valence-corrected chi connectivity index (χ0v) is 13.1. The van der Waals surface area contributed by atoms with E-state index in [1.807, 2.05) is 47.2 Å². The molecule has 114 valence electrons. The maximum atomic E-state index is 13.5. The van der Waals surface area contributed by atoms with E-state index in [1.54, 1.807) is 6.07 Å². The Morgan fingerprint density at radius 2 is 1.83 bits per heavy atom. The Balaban J connectivity index is 1.84. The van der Waals surface area contributed by atoms with E-state index in [-0.39, 0.29) is 11.6 Å². The van der Waals surface area contributed by atoms with Gasteiger partial charge in [-0.1, -0.05) is 36.0 Å². The molecule has 0 saturated carbocycles. The van der Waals surface area contributed by atoms with E-state index in [9.17, 15) is 9.18 Å². The van der Waals surface area contributed by atoms with Crippen molar-refractivity contribution in [2.24, 2.45) is 0 Å². The molecule has 1 heterocycles. The van der Waals surface area contributed by atoms with Crippen LogP contribution in [0.25, 0.3) is 5.69 Å². The quantitative estimate of drug-likeness (QED) is 0.684. The van der Waals surface area contributed by atoms with Crippen LogP contribution < -0.4 is 0 Å². The van der Waals surface area contributed by atoms with Gasteiger partial charge in [-0.05, 0) is 42.3 Å². The van der Waals surface area contributed by atoms with Crippen molar-refractivity contribution in [2.45, 2.75) is 22.8 Å². The highest BCUT2D eigenvalue weighted by molar-refractivity contribution is 7.99. The van der Waals surface area contributed by atoms with Crippen molar-refractivity contribution in [3.63, 3.8) is 0 Å². The molecule has 0 fully saturated rings. The molecular formula is C19H14FNOS. The van der Waals surface area contributed by atoms with Crippen LogP contribution in [0.2, 0.25) is 0 Å². The summed E-state index contributed by atoms with van der Waals surface area (Å²) in [7, 11) is 0. The number of Topliss-reactive ketones (excluding diaryl/α,β-unsaturated/α-hetero) is 1. The second-order valence-electron chi connectivity index (χ2n) is 5.51. The molecular weight excluding hydrogens is 309 g/mol. The minimum absolute atomic E-state index is 0.191. The van der Waals surface area contributed by atoms with Crippen LogP contribution in [0.1, 0.15) is 22.3 Å². The highest BCUT2D eigenvalue weighted by Gasteiger charge is 2.27. The van der Waals surface area contributed by atoms with Crippen LogP contribution in [0, 0.1) is 5.82 Å². The van der Waals surface area contributed by atoms with E-state index in [0.29, 0.717) is 6.42 Å². The highest BCUT2D eigenvalue weighted by Crippen LogP contribution is 2.39. The summed E-state index contributed by atoms with van der Waals surface area (Å²) >= 11 is 1.51. The second-order valence-corrected chi connectivity index (χ2v) is 6.58. The lowest BCUT2D eigenvalue weighted by Gasteiger charge is -2.11. The number of carbonyl (C=O) groups excluding carboxylic acids is 1. The van der Waals surface area contributed by atoms with Crippen LogP contribution in [0.4, 0.5) is 4.39 Å². The van der Waals surface area contributed by atoms with Crippen LogP contribution in [0.15, 0.2) is 70.7 Å². The van der Waals surface area contributed by atoms with Crippen LogP contribution in [0.3, 0.4) is 0 Å². The van der Waals surface area contributed by atoms with Crippen molar-refractivity contribution in [1.29, 1.82) is 0 Å². The Labute approximate surface area is 138 Å². The first-order chi connectivity index (χ1) is 11.2. The molecule has 2 nitrogen and oxygen atoms in total. The van der Waals surface area contributed by atoms with Crippen molar-refractivity contribution in [3.8, 4) is 5.69 Å². The first kappa shape index (κ1) is 14.3. The van der Waals surface area contributed by atoms with Gasteiger partial charge in [0.05, 0.1) is 5.03 Å². The predicted molar refractivity (Wildman–Crippen MR) is 88.9 cm³/mol. The fourth-order valence-electron chi connectivity index (χ4n) is 2.91. The fourth-order valence-corrected chi connectivity index (χ4v) is 4.05. The molecule has 0 aliphatic heterocycles. The van der Waals surface area contributed by atoms with Gasteiger partial charge in [-0.15, -0.1) is 0 Å². The fraction of sp³-hybridized carbons (Fsp3) is 0.105. The monoisotopic (exact) mass is 323 g/mol. The van der Waals surface area contributed by atoms with Crippen molar-refractivity contribution in [3.05, 3.63) is 77.7 Å². The minimum atomic E-state index is -0.250. The number of rotatable bonds is 3. The minimum Gasteiger partial charge on any atom is -0.310 e. The lowest BCUT2D eigenvalue weighted by molar-refractivity contribution is 0.0994. The van der Waals surface area contributed by atoms with E-state index in [0.717, 1.165) is 33.2 Å². The summed E-state index contributed by atoms with van der Waals surface area (Å²) in [6.07, 6.45) is 3.24. The number of hydrogen-bond donors (Lipinski definition) is 0. The van der Waals surface area contributed by atoms with Gasteiger partial charge in [0, 0.05) is 28.8 Å². The van der Waals surface area contributed by atoms with Crippen molar-refractivity contribution >= 4 is 17.5 Å². The van der Waals surface area contributed by atoms with Gasteiger partial charge in [0.2, 0.25) is 0 Å². The summed E-state index contributed by atoms with van der Waals surface area (Å²) in [6, 6.07) is 16.5. The smallest absolute Gasteiger partial charge is 0.165 e. The molecule has 1 aromatic heterocycles. The average Bonchev–Trinajstić information content (AvgIpc) is 3.09. The van der Waals surface area contributed by atoms with Gasteiger partial charge in [-0.2, -0.15) is 0 Å². The molecule has 0 atom stereocenters. The number of fused-ring (bicyclic) bond motifs is 1. The van der Waals surface area contributed by atoms with Crippen LogP contribution >= 0.6 is 11.8 Å². The van der Waals surface area contributed by atoms with Gasteiger partial charge in [0.15, 0.2) is 5.78 Å². The molecule has 0 amide bonds. The summed E-state index contributed by atoms with van der Waals surface area (Å²) in [5.74, 6) is -0.0590. The molecule has 1 aliphatic rings. The van der Waals surface area contributed by atoms with Gasteiger partial charge in [-0.25, -0.2) is 4.39 Å². The third-order valence-electron chi connectivity index (χ3n) is 4.01. The molecule has 2 aromatic carbocycles. The number of ketones is 1. The SMILES string of the molecule is O=C1CCc2c1cn(-c1ccccc1)c2Sc1cccc(F)c1. The van der Waals surface area contributed by atoms with E-state index in [2.05, 4.69) is 0 Å². The van der Waals surface area contributed by atoms with Crippen molar-refractivity contribution in [2.75, 3.05) is 0 Å². The Kier molecular flexibility index (Phi) is 3.54. The molecule has 0 unspecified atom stereocenters. The van der Waals surface area contributed by atoms with E-state index < -0.39 is 0 Å². The van der Waals surface area contributed by atoms with Gasteiger partial charge in [-0.3, -0.25) is 4.79 Å². The first-order valence-electron chi connectivity index (χ1n) is 7.48. The standard InChI is InChI=1S/C19H14FNOS/c20-13-5-4-8-15(11-13)23-19-16-9-10-18(22)17(16)12-21(19)14-6-2-1-3-7-14/h1-8,11-12H,9-10H2. The molecule has 4 heteroatoms. The largest absolute Gasteiger partial charge is 0.310 e. The Morgan fingerprint density at radius 3 is 2.61 bits per heavy atom. The summed E-state index contributed by atoms with van der Waals surface area (Å²) in [5.41, 5.74) is 2.88. The Morgan fingerprint density at radius 1 is 1.00 bits per heavy atom. The first-order valence-corrected chi connectivity index (χ1v) is 8.30. The number of para-hydroxylation sites is 1. The number of halogens is 1. The van der Waals surface area contributed by atoms with Crippen molar-refractivity contribution in [1.82, 2.24) is 4.57 Å². The van der Waals surface area contributed by atoms with Gasteiger partial charge in [0.1, 0.15) is 5.82 Å². The highest BCUT2D eigenvalue weighted by atomic mass is 32.2. The molecule has 0 N–H and O–H groups in total. The Hall–Kier alpha value is -2.33. The van der Waals surface area contributed by atoms with E-state index >= 15 is 0 Å². The number of benzene rings is 2. The normalized spacial score (nSPS) is 13.3. The maximum Gasteiger partial charge on any atom is 0.165 e. The number of nitrogens with zero attached hydrogens (tertiary/aromatic N) is 1. The molecule has 0 spiro atoms. The number of hydrogen-bond acceptors (Lipinski definition) is 2. The summed E-state index contributed by atoms with van der Waals surface area (Å²) in [6.45, 7) is 0. The van der Waals surface area contributed by atoms with Crippen LogP contribution in [0.5, 0.6) is 0 Å². The molecule has 0 saturated heterocycles. The zero-order chi connectivity index (χ0) is 15.8. The van der Waals surface area contributed by atoms with Crippen molar-refractivity contribution < 1.29 is 9.18 Å². The third-order valence-corrected chi connectivity index (χ3v) is 5.13. The zero-order valence-electron chi connectivity index (χ0n) is 12.3. The molecule has 0 bridgehead atoms. The summed E-state index contributed by atoms with van der Waals surface area (Å²) in [5, 5.41) is 1.00. The van der Waals surface area contributed by atoms with Gasteiger partial charge >= 0.3 is 0 Å². The number of aromatic nitrogens is 1. The molecule has 4 rings (SSSR count). The Bertz CT molecular complexity index is 886. The van der Waals surface area contributed by atoms with Gasteiger partial charge < -0.3 is 4.57 Å². The molecule has 1 aliphatic carbocycles. The maximum absolute atomic E-state index is 13.5.